The zero-order valence-corrected chi connectivity index (χ0v) is 15.4. The number of hydrogen-bond donors (Lipinski definition) is 0. The molecule has 0 aliphatic carbocycles. The maximum atomic E-state index is 13.1. The lowest BCUT2D eigenvalue weighted by atomic mass is 10.0. The quantitative estimate of drug-likeness (QED) is 0.279. The number of benzene rings is 3. The van der Waals surface area contributed by atoms with Crippen molar-refractivity contribution in [2.24, 2.45) is 0 Å². The van der Waals surface area contributed by atoms with Crippen LogP contribution in [-0.4, -0.2) is 11.5 Å². The summed E-state index contributed by atoms with van der Waals surface area (Å²) < 4.78 is 14.0. The molecule has 0 N–H and O–H groups in total. The first-order valence-corrected chi connectivity index (χ1v) is 9.77. The van der Waals surface area contributed by atoms with Crippen LogP contribution in [0.4, 0.5) is 4.39 Å². The van der Waals surface area contributed by atoms with Gasteiger partial charge in [-0.3, -0.25) is 4.79 Å². The van der Waals surface area contributed by atoms with Gasteiger partial charge in [0.1, 0.15) is 5.82 Å². The normalized spacial score (nSPS) is 11.7. The predicted molar refractivity (Wildman–Crippen MR) is 107 cm³/mol. The molecule has 0 bridgehead atoms. The first-order chi connectivity index (χ1) is 12.2. The summed E-state index contributed by atoms with van der Waals surface area (Å²) in [5.41, 5.74) is 0.701. The Morgan fingerprint density at radius 2 is 1.72 bits per heavy atom. The number of carbonyl (C=O) groups excluding carboxylic acids is 1. The van der Waals surface area contributed by atoms with Crippen LogP contribution in [-0.2, 0) is 0 Å². The van der Waals surface area contributed by atoms with Crippen molar-refractivity contribution in [3.8, 4) is 0 Å². The summed E-state index contributed by atoms with van der Waals surface area (Å²) in [5.74, 6) is 0.593. The van der Waals surface area contributed by atoms with Crippen molar-refractivity contribution in [1.82, 2.24) is 0 Å². The van der Waals surface area contributed by atoms with Gasteiger partial charge in [-0.25, -0.2) is 4.39 Å². The Morgan fingerprint density at radius 3 is 2.48 bits per heavy atom. The number of ketones is 1. The van der Waals surface area contributed by atoms with Crippen molar-refractivity contribution in [3.63, 3.8) is 0 Å². The second-order valence-corrected chi connectivity index (χ2v) is 8.02. The minimum Gasteiger partial charge on any atom is -0.289 e. The Morgan fingerprint density at radius 1 is 1.00 bits per heavy atom. The second-order valence-electron chi connectivity index (χ2n) is 5.34. The molecule has 3 aromatic carbocycles. The van der Waals surface area contributed by atoms with Crippen LogP contribution in [0.2, 0.25) is 0 Å². The Balaban J connectivity index is 1.91. The van der Waals surface area contributed by atoms with Gasteiger partial charge in [0, 0.05) is 20.8 Å². The van der Waals surface area contributed by atoms with E-state index in [1.807, 2.05) is 49.4 Å². The summed E-state index contributed by atoms with van der Waals surface area (Å²) in [6.45, 7) is 2.05. The highest BCUT2D eigenvalue weighted by Crippen LogP contribution is 2.35. The van der Waals surface area contributed by atoms with Crippen molar-refractivity contribution >= 4 is 40.1 Å². The van der Waals surface area contributed by atoms with E-state index in [2.05, 4.69) is 0 Å². The molecule has 3 rings (SSSR count). The van der Waals surface area contributed by atoms with Gasteiger partial charge in [0.25, 0.3) is 0 Å². The van der Waals surface area contributed by atoms with Gasteiger partial charge in [-0.1, -0.05) is 61.2 Å². The Hall–Kier alpha value is -2.04. The first kappa shape index (κ1) is 17.8. The molecule has 0 amide bonds. The highest BCUT2D eigenvalue weighted by atomic mass is 32.2. The third-order valence-corrected chi connectivity index (χ3v) is 5.74. The molecule has 0 fully saturated rings. The zero-order valence-electron chi connectivity index (χ0n) is 13.7. The Bertz CT molecular complexity index is 911. The summed E-state index contributed by atoms with van der Waals surface area (Å²) >= 11 is 3.10. The third-order valence-electron chi connectivity index (χ3n) is 3.62. The topological polar surface area (TPSA) is 17.1 Å². The average molecular weight is 368 g/mol. The molecular formula is C21H17FOS2. The van der Waals surface area contributed by atoms with Crippen LogP contribution >= 0.6 is 23.5 Å². The van der Waals surface area contributed by atoms with Gasteiger partial charge in [-0.2, -0.15) is 0 Å². The van der Waals surface area contributed by atoms with Gasteiger partial charge >= 0.3 is 0 Å². The number of halogens is 1. The maximum absolute atomic E-state index is 13.1. The maximum Gasteiger partial charge on any atom is 0.188 e. The number of allylic oxidation sites excluding steroid dienone is 1. The fraction of sp³-hybridized carbons (Fsp3) is 0.0952. The van der Waals surface area contributed by atoms with Crippen molar-refractivity contribution < 1.29 is 9.18 Å². The van der Waals surface area contributed by atoms with Crippen LogP contribution in [0.15, 0.2) is 81.9 Å². The van der Waals surface area contributed by atoms with Gasteiger partial charge in [-0.15, -0.1) is 11.8 Å². The lowest BCUT2D eigenvalue weighted by molar-refractivity contribution is 0.104. The Kier molecular flexibility index (Phi) is 5.95. The molecule has 4 heteroatoms. The van der Waals surface area contributed by atoms with E-state index >= 15 is 0 Å². The minimum atomic E-state index is -0.259. The summed E-state index contributed by atoms with van der Waals surface area (Å²) in [6, 6.07) is 20.0. The molecule has 0 saturated carbocycles. The molecule has 3 aromatic rings. The number of carbonyl (C=O) groups is 1. The van der Waals surface area contributed by atoms with Crippen molar-refractivity contribution in [2.45, 2.75) is 11.8 Å². The molecular weight excluding hydrogens is 351 g/mol. The SMILES string of the molecule is CCS/C(=C\C(=O)c1cccc2ccccc12)Sc1ccc(F)cc1. The molecule has 0 aliphatic rings. The molecule has 0 spiro atoms. The molecule has 25 heavy (non-hydrogen) atoms. The number of rotatable bonds is 6. The van der Waals surface area contributed by atoms with E-state index in [1.165, 1.54) is 23.9 Å². The molecule has 0 heterocycles. The molecule has 126 valence electrons. The fourth-order valence-electron chi connectivity index (χ4n) is 2.49. The fourth-order valence-corrected chi connectivity index (χ4v) is 4.51. The van der Waals surface area contributed by atoms with Crippen molar-refractivity contribution in [2.75, 3.05) is 5.75 Å². The van der Waals surface area contributed by atoms with Gasteiger partial charge < -0.3 is 0 Å². The number of fused-ring (bicyclic) bond motifs is 1. The third kappa shape index (κ3) is 4.53. The smallest absolute Gasteiger partial charge is 0.188 e. The second kappa shape index (κ2) is 8.37. The summed E-state index contributed by atoms with van der Waals surface area (Å²) in [5, 5.41) is 2.01. The molecule has 0 aliphatic heterocycles. The van der Waals surface area contributed by atoms with Crippen molar-refractivity contribution in [1.29, 1.82) is 0 Å². The summed E-state index contributed by atoms with van der Waals surface area (Å²) in [7, 11) is 0. The number of thioether (sulfide) groups is 2. The van der Waals surface area contributed by atoms with Gasteiger partial charge in [0.15, 0.2) is 5.78 Å². The monoisotopic (exact) mass is 368 g/mol. The standard InChI is InChI=1S/C21H17FOS2/c1-2-24-21(25-17-12-10-16(22)11-13-17)14-20(23)19-9-5-7-15-6-3-4-8-18(15)19/h3-14H,2H2,1H3/b21-14+. The summed E-state index contributed by atoms with van der Waals surface area (Å²) in [6.07, 6.45) is 1.68. The van der Waals surface area contributed by atoms with E-state index in [-0.39, 0.29) is 11.6 Å². The highest BCUT2D eigenvalue weighted by Gasteiger charge is 2.10. The Labute approximate surface area is 155 Å². The van der Waals surface area contributed by atoms with Gasteiger partial charge in [-0.05, 0) is 40.8 Å². The zero-order chi connectivity index (χ0) is 17.6. The first-order valence-electron chi connectivity index (χ1n) is 7.97. The molecule has 0 radical (unpaired) electrons. The van der Waals surface area contributed by atoms with Gasteiger partial charge in [0.2, 0.25) is 0 Å². The lowest BCUT2D eigenvalue weighted by Crippen LogP contribution is -1.96. The minimum absolute atomic E-state index is 0.0117. The van der Waals surface area contributed by atoms with Crippen LogP contribution in [0, 0.1) is 5.82 Å². The highest BCUT2D eigenvalue weighted by molar-refractivity contribution is 8.22. The van der Waals surface area contributed by atoms with E-state index in [4.69, 9.17) is 0 Å². The van der Waals surface area contributed by atoms with Crippen LogP contribution in [0.3, 0.4) is 0 Å². The van der Waals surface area contributed by atoms with Crippen LogP contribution in [0.5, 0.6) is 0 Å². The number of hydrogen-bond acceptors (Lipinski definition) is 3. The van der Waals surface area contributed by atoms with Crippen molar-refractivity contribution in [3.05, 3.63) is 88.4 Å². The molecule has 0 atom stereocenters. The molecule has 0 unspecified atom stereocenters. The van der Waals surface area contributed by atoms with Crippen LogP contribution < -0.4 is 0 Å². The van der Waals surface area contributed by atoms with Crippen LogP contribution in [0.1, 0.15) is 17.3 Å². The van der Waals surface area contributed by atoms with Crippen LogP contribution in [0.25, 0.3) is 10.8 Å². The molecule has 0 aromatic heterocycles. The van der Waals surface area contributed by atoms with E-state index in [1.54, 1.807) is 30.0 Å². The summed E-state index contributed by atoms with van der Waals surface area (Å²) in [4.78, 5) is 13.7. The van der Waals surface area contributed by atoms with E-state index in [0.29, 0.717) is 5.56 Å². The van der Waals surface area contributed by atoms with Gasteiger partial charge in [0.05, 0.1) is 0 Å². The van der Waals surface area contributed by atoms with E-state index in [9.17, 15) is 9.18 Å². The lowest BCUT2D eigenvalue weighted by Gasteiger charge is -2.07. The van der Waals surface area contributed by atoms with E-state index < -0.39 is 0 Å². The van der Waals surface area contributed by atoms with E-state index in [0.717, 1.165) is 25.7 Å². The average Bonchev–Trinajstić information content (AvgIpc) is 2.63. The predicted octanol–water partition coefficient (Wildman–Crippen LogP) is 6.55. The molecule has 0 saturated heterocycles. The largest absolute Gasteiger partial charge is 0.289 e. The molecule has 1 nitrogen and oxygen atoms in total.